The molecule has 0 N–H and O–H groups in total. The Bertz CT molecular complexity index is 405. The summed E-state index contributed by atoms with van der Waals surface area (Å²) >= 11 is 0. The van der Waals surface area contributed by atoms with E-state index in [1.54, 1.807) is 0 Å². The molecule has 0 spiro atoms. The van der Waals surface area contributed by atoms with Crippen molar-refractivity contribution in [3.8, 4) is 0 Å². The number of hydrogen-bond acceptors (Lipinski definition) is 3. The first-order chi connectivity index (χ1) is 7.90. The molecule has 16 heavy (non-hydrogen) atoms. The van der Waals surface area contributed by atoms with Gasteiger partial charge in [-0.25, -0.2) is 0 Å². The molecule has 1 aliphatic carbocycles. The molecule has 0 radical (unpaired) electrons. The minimum atomic E-state index is 0.514. The standard InChI is InChI=1S/C12H16N2O2/c15-7-11-10-8-16-6-5-12(10)14(13-11)9-3-1-2-4-9/h7,9H,1-6,8H2. The second-order valence-corrected chi connectivity index (χ2v) is 4.61. The minimum Gasteiger partial charge on any atom is -0.376 e. The van der Waals surface area contributed by atoms with Gasteiger partial charge in [0.15, 0.2) is 6.29 Å². The average molecular weight is 220 g/mol. The Morgan fingerprint density at radius 2 is 2.19 bits per heavy atom. The molecule has 1 aliphatic heterocycles. The van der Waals surface area contributed by atoms with Crippen LogP contribution in [0.1, 0.15) is 53.5 Å². The summed E-state index contributed by atoms with van der Waals surface area (Å²) in [6, 6.07) is 0.514. The van der Waals surface area contributed by atoms with E-state index in [-0.39, 0.29) is 0 Å². The molecule has 0 bridgehead atoms. The summed E-state index contributed by atoms with van der Waals surface area (Å²) in [6.07, 6.45) is 6.73. The van der Waals surface area contributed by atoms with E-state index in [0.29, 0.717) is 18.3 Å². The predicted octanol–water partition coefficient (Wildman–Crippen LogP) is 1.88. The number of nitrogens with zero attached hydrogens (tertiary/aromatic N) is 2. The lowest BCUT2D eigenvalue weighted by atomic mass is 10.1. The van der Waals surface area contributed by atoms with Crippen molar-refractivity contribution in [1.29, 1.82) is 0 Å². The van der Waals surface area contributed by atoms with Gasteiger partial charge in [-0.15, -0.1) is 0 Å². The van der Waals surface area contributed by atoms with Gasteiger partial charge in [-0.05, 0) is 12.8 Å². The number of aldehydes is 1. The quantitative estimate of drug-likeness (QED) is 0.715. The molecule has 4 heteroatoms. The molecule has 1 fully saturated rings. The van der Waals surface area contributed by atoms with Crippen molar-refractivity contribution in [1.82, 2.24) is 9.78 Å². The molecule has 0 atom stereocenters. The fraction of sp³-hybridized carbons (Fsp3) is 0.667. The maximum Gasteiger partial charge on any atom is 0.170 e. The van der Waals surface area contributed by atoms with Crippen LogP contribution in [0.5, 0.6) is 0 Å². The lowest BCUT2D eigenvalue weighted by Crippen LogP contribution is -2.16. The van der Waals surface area contributed by atoms with Crippen molar-refractivity contribution in [3.05, 3.63) is 17.0 Å². The summed E-state index contributed by atoms with van der Waals surface area (Å²) in [5.41, 5.74) is 2.84. The molecule has 0 amide bonds. The first-order valence-electron chi connectivity index (χ1n) is 6.03. The third-order valence-electron chi connectivity index (χ3n) is 3.66. The Labute approximate surface area is 94.6 Å². The van der Waals surface area contributed by atoms with Crippen LogP contribution in [-0.4, -0.2) is 22.7 Å². The molecule has 2 heterocycles. The summed E-state index contributed by atoms with van der Waals surface area (Å²) < 4.78 is 7.51. The number of ether oxygens (including phenoxy) is 1. The molecule has 1 aromatic heterocycles. The van der Waals surface area contributed by atoms with Crippen molar-refractivity contribution in [3.63, 3.8) is 0 Å². The Hall–Kier alpha value is -1.16. The highest BCUT2D eigenvalue weighted by Crippen LogP contribution is 2.32. The number of fused-ring (bicyclic) bond motifs is 1. The van der Waals surface area contributed by atoms with Crippen molar-refractivity contribution >= 4 is 6.29 Å². The molecule has 3 rings (SSSR count). The van der Waals surface area contributed by atoms with E-state index >= 15 is 0 Å². The second kappa shape index (κ2) is 4.01. The molecule has 0 aromatic carbocycles. The van der Waals surface area contributed by atoms with Crippen LogP contribution in [-0.2, 0) is 17.8 Å². The van der Waals surface area contributed by atoms with E-state index in [2.05, 4.69) is 9.78 Å². The molecule has 0 saturated heterocycles. The van der Waals surface area contributed by atoms with Gasteiger partial charge < -0.3 is 4.74 Å². The maximum absolute atomic E-state index is 11.0. The largest absolute Gasteiger partial charge is 0.376 e. The van der Waals surface area contributed by atoms with Gasteiger partial charge in [-0.1, -0.05) is 12.8 Å². The number of hydrogen-bond donors (Lipinski definition) is 0. The van der Waals surface area contributed by atoms with E-state index in [1.807, 2.05) is 0 Å². The zero-order valence-corrected chi connectivity index (χ0v) is 9.32. The zero-order valence-electron chi connectivity index (χ0n) is 9.32. The van der Waals surface area contributed by atoms with Gasteiger partial charge in [0.1, 0.15) is 5.69 Å². The van der Waals surface area contributed by atoms with Crippen LogP contribution in [0.2, 0.25) is 0 Å². The van der Waals surface area contributed by atoms with Crippen LogP contribution < -0.4 is 0 Å². The van der Waals surface area contributed by atoms with Gasteiger partial charge in [0, 0.05) is 17.7 Å². The lowest BCUT2D eigenvalue weighted by molar-refractivity contribution is 0.104. The highest BCUT2D eigenvalue weighted by Gasteiger charge is 2.26. The third kappa shape index (κ3) is 1.48. The Morgan fingerprint density at radius 1 is 1.38 bits per heavy atom. The Balaban J connectivity index is 2.03. The molecule has 86 valence electrons. The van der Waals surface area contributed by atoms with Gasteiger partial charge in [-0.3, -0.25) is 9.48 Å². The van der Waals surface area contributed by atoms with Crippen molar-refractivity contribution < 1.29 is 9.53 Å². The highest BCUT2D eigenvalue weighted by molar-refractivity contribution is 5.74. The molecular formula is C12H16N2O2. The smallest absolute Gasteiger partial charge is 0.170 e. The summed E-state index contributed by atoms with van der Waals surface area (Å²) in [5, 5.41) is 4.46. The summed E-state index contributed by atoms with van der Waals surface area (Å²) in [6.45, 7) is 1.31. The monoisotopic (exact) mass is 220 g/mol. The molecule has 2 aliphatic rings. The molecule has 0 unspecified atom stereocenters. The van der Waals surface area contributed by atoms with Gasteiger partial charge in [0.25, 0.3) is 0 Å². The Kier molecular flexibility index (Phi) is 2.52. The fourth-order valence-electron chi connectivity index (χ4n) is 2.83. The van der Waals surface area contributed by atoms with Gasteiger partial charge in [0.05, 0.1) is 19.3 Å². The van der Waals surface area contributed by atoms with E-state index in [4.69, 9.17) is 4.74 Å². The van der Waals surface area contributed by atoms with Gasteiger partial charge >= 0.3 is 0 Å². The van der Waals surface area contributed by atoms with Crippen molar-refractivity contribution in [2.45, 2.75) is 44.8 Å². The van der Waals surface area contributed by atoms with Crippen LogP contribution in [0.4, 0.5) is 0 Å². The average Bonchev–Trinajstić information content (AvgIpc) is 2.95. The van der Waals surface area contributed by atoms with Crippen molar-refractivity contribution in [2.24, 2.45) is 0 Å². The SMILES string of the molecule is O=Cc1nn(C2CCCC2)c2c1COCC2. The normalized spacial score (nSPS) is 21.0. The van der Waals surface area contributed by atoms with E-state index in [9.17, 15) is 4.79 Å². The van der Waals surface area contributed by atoms with Crippen LogP contribution in [0, 0.1) is 0 Å². The first-order valence-corrected chi connectivity index (χ1v) is 6.03. The minimum absolute atomic E-state index is 0.514. The van der Waals surface area contributed by atoms with E-state index < -0.39 is 0 Å². The van der Waals surface area contributed by atoms with Crippen molar-refractivity contribution in [2.75, 3.05) is 6.61 Å². The predicted molar refractivity (Wildman–Crippen MR) is 58.5 cm³/mol. The highest BCUT2D eigenvalue weighted by atomic mass is 16.5. The maximum atomic E-state index is 11.0. The summed E-state index contributed by atoms with van der Waals surface area (Å²) in [7, 11) is 0. The van der Waals surface area contributed by atoms with Gasteiger partial charge in [0.2, 0.25) is 0 Å². The fourth-order valence-corrected chi connectivity index (χ4v) is 2.83. The number of carbonyl (C=O) groups excluding carboxylic acids is 1. The summed E-state index contributed by atoms with van der Waals surface area (Å²) in [4.78, 5) is 11.0. The van der Waals surface area contributed by atoms with E-state index in [1.165, 1.54) is 31.4 Å². The van der Waals surface area contributed by atoms with E-state index in [0.717, 1.165) is 24.9 Å². The zero-order chi connectivity index (χ0) is 11.0. The number of carbonyl (C=O) groups is 1. The van der Waals surface area contributed by atoms with Crippen LogP contribution in [0.3, 0.4) is 0 Å². The number of rotatable bonds is 2. The molecule has 4 nitrogen and oxygen atoms in total. The topological polar surface area (TPSA) is 44.1 Å². The van der Waals surface area contributed by atoms with Crippen LogP contribution >= 0.6 is 0 Å². The number of aromatic nitrogens is 2. The van der Waals surface area contributed by atoms with Gasteiger partial charge in [-0.2, -0.15) is 5.10 Å². The molecule has 1 aromatic rings. The molecular weight excluding hydrogens is 204 g/mol. The first kappa shape index (κ1) is 10.0. The Morgan fingerprint density at radius 3 is 2.94 bits per heavy atom. The van der Waals surface area contributed by atoms with Crippen LogP contribution in [0.25, 0.3) is 0 Å². The van der Waals surface area contributed by atoms with Crippen LogP contribution in [0.15, 0.2) is 0 Å². The molecule has 1 saturated carbocycles. The lowest BCUT2D eigenvalue weighted by Gasteiger charge is -2.18. The summed E-state index contributed by atoms with van der Waals surface area (Å²) in [5.74, 6) is 0. The third-order valence-corrected chi connectivity index (χ3v) is 3.66. The second-order valence-electron chi connectivity index (χ2n) is 4.61.